The maximum atomic E-state index is 12.4. The van der Waals surface area contributed by atoms with Crippen molar-refractivity contribution in [1.29, 1.82) is 0 Å². The summed E-state index contributed by atoms with van der Waals surface area (Å²) in [5, 5.41) is 0. The van der Waals surface area contributed by atoms with Gasteiger partial charge in [-0.15, -0.1) is 0 Å². The molecule has 0 N–H and O–H groups in total. The molecule has 0 aromatic heterocycles. The normalized spacial score (nSPS) is 65.6. The first-order valence-corrected chi connectivity index (χ1v) is 6.96. The molecule has 0 aromatic rings. The van der Waals surface area contributed by atoms with E-state index in [1.54, 1.807) is 0 Å². The van der Waals surface area contributed by atoms with Gasteiger partial charge < -0.3 is 0 Å². The molecule has 6 bridgehead atoms. The number of rotatable bonds is 1. The quantitative estimate of drug-likeness (QED) is 0.661. The highest BCUT2D eigenvalue weighted by Gasteiger charge is 2.86. The molecule has 0 unspecified atom stereocenters. The summed E-state index contributed by atoms with van der Waals surface area (Å²) in [4.78, 5) is 12.4. The van der Waals surface area contributed by atoms with Gasteiger partial charge in [0.2, 0.25) is 0 Å². The Kier molecular flexibility index (Phi) is 1.38. The van der Waals surface area contributed by atoms with Crippen LogP contribution in [0.25, 0.3) is 0 Å². The van der Waals surface area contributed by atoms with Crippen LogP contribution in [-0.2, 0) is 4.79 Å². The number of hydrogen-bond acceptors (Lipinski definition) is 1. The van der Waals surface area contributed by atoms with Crippen molar-refractivity contribution in [2.75, 3.05) is 0 Å². The summed E-state index contributed by atoms with van der Waals surface area (Å²) in [6.07, 6.45) is 2.56. The summed E-state index contributed by atoms with van der Waals surface area (Å²) in [5.74, 6) is 5.23. The van der Waals surface area contributed by atoms with E-state index >= 15 is 0 Å². The molecule has 88 valence electrons. The molecule has 6 rings (SSSR count). The Balaban J connectivity index is 1.82. The average Bonchev–Trinajstić information content (AvgIpc) is 2.80. The van der Waals surface area contributed by atoms with E-state index < -0.39 is 0 Å². The number of carbonyl (C=O) groups is 1. The van der Waals surface area contributed by atoms with Crippen molar-refractivity contribution in [2.24, 2.45) is 46.3 Å². The summed E-state index contributed by atoms with van der Waals surface area (Å²) in [7, 11) is 0. The van der Waals surface area contributed by atoms with Gasteiger partial charge in [0.25, 0.3) is 0 Å². The van der Waals surface area contributed by atoms with E-state index in [2.05, 4.69) is 27.7 Å². The molecule has 0 aromatic carbocycles. The van der Waals surface area contributed by atoms with Crippen molar-refractivity contribution in [1.82, 2.24) is 0 Å². The van der Waals surface area contributed by atoms with Gasteiger partial charge in [-0.2, -0.15) is 0 Å². The third-order valence-electron chi connectivity index (χ3n) is 7.04. The number of ketones is 1. The molecule has 7 atom stereocenters. The van der Waals surface area contributed by atoms with Gasteiger partial charge >= 0.3 is 0 Å². The number of hydrogen-bond donors (Lipinski definition) is 0. The zero-order chi connectivity index (χ0) is 11.5. The Morgan fingerprint density at radius 2 is 2.00 bits per heavy atom. The third-order valence-corrected chi connectivity index (χ3v) is 7.04. The number of Topliss-reactive ketones (excluding diaryl/α,β-unsaturated/α-hetero) is 1. The van der Waals surface area contributed by atoms with E-state index in [1.165, 1.54) is 12.8 Å². The summed E-state index contributed by atoms with van der Waals surface area (Å²) >= 11 is 0. The van der Waals surface area contributed by atoms with Gasteiger partial charge in [0.1, 0.15) is 5.78 Å². The summed E-state index contributed by atoms with van der Waals surface area (Å²) < 4.78 is 0. The lowest BCUT2D eigenvalue weighted by Gasteiger charge is -2.55. The van der Waals surface area contributed by atoms with Gasteiger partial charge in [0, 0.05) is 11.3 Å². The molecule has 1 nitrogen and oxygen atoms in total. The molecule has 0 aliphatic heterocycles. The zero-order valence-electron chi connectivity index (χ0n) is 10.8. The lowest BCUT2D eigenvalue weighted by atomic mass is 9.48. The zero-order valence-corrected chi connectivity index (χ0v) is 10.8. The summed E-state index contributed by atoms with van der Waals surface area (Å²) in [5.41, 5.74) is 0.532. The molecular weight excluding hydrogens is 196 g/mol. The smallest absolute Gasteiger partial charge is 0.143 e. The lowest BCUT2D eigenvalue weighted by Crippen LogP contribution is -2.53. The standard InChI is InChI=1S/C15H22O/c1-7(2)8-5-10-14(3)6-9(8)11-12(13(14)16)15(10,11)4/h7-12H,5-6H2,1-4H3/t8-,9-,10-,11-,12+,14+,15+/m0/s1. The first-order chi connectivity index (χ1) is 7.42. The second-order valence-corrected chi connectivity index (χ2v) is 7.72. The predicted molar refractivity (Wildman–Crippen MR) is 62.7 cm³/mol. The lowest BCUT2D eigenvalue weighted by molar-refractivity contribution is -0.146. The molecule has 0 amide bonds. The summed E-state index contributed by atoms with van der Waals surface area (Å²) in [6.45, 7) is 9.44. The van der Waals surface area contributed by atoms with Crippen molar-refractivity contribution in [3.8, 4) is 0 Å². The topological polar surface area (TPSA) is 17.1 Å². The van der Waals surface area contributed by atoms with Crippen LogP contribution in [0.2, 0.25) is 0 Å². The highest BCUT2D eigenvalue weighted by atomic mass is 16.1. The number of carbonyl (C=O) groups excluding carboxylic acids is 1. The van der Waals surface area contributed by atoms with Crippen LogP contribution in [0.3, 0.4) is 0 Å². The molecule has 0 saturated heterocycles. The van der Waals surface area contributed by atoms with Gasteiger partial charge in [-0.3, -0.25) is 4.79 Å². The van der Waals surface area contributed by atoms with Gasteiger partial charge in [-0.25, -0.2) is 0 Å². The van der Waals surface area contributed by atoms with E-state index in [9.17, 15) is 4.79 Å². The largest absolute Gasteiger partial charge is 0.299 e. The van der Waals surface area contributed by atoms with Crippen molar-refractivity contribution >= 4 is 5.78 Å². The first-order valence-electron chi connectivity index (χ1n) is 6.96. The van der Waals surface area contributed by atoms with Crippen LogP contribution in [0.15, 0.2) is 0 Å². The van der Waals surface area contributed by atoms with Gasteiger partial charge in [-0.05, 0) is 47.8 Å². The van der Waals surface area contributed by atoms with Crippen LogP contribution < -0.4 is 0 Å². The molecule has 0 heterocycles. The SMILES string of the molecule is CC(C)[C@@H]1C[C@@H]2[C@]3(C)[C@H]4[C@H]1C[C@@]2(C)C(=O)[C@@H]43. The second-order valence-electron chi connectivity index (χ2n) is 7.72. The van der Waals surface area contributed by atoms with Gasteiger partial charge in [0.05, 0.1) is 0 Å². The molecule has 6 saturated carbocycles. The second kappa shape index (κ2) is 2.28. The minimum atomic E-state index is 0.0875. The Labute approximate surface area is 98.0 Å². The first kappa shape index (κ1) is 9.67. The minimum Gasteiger partial charge on any atom is -0.299 e. The highest BCUT2D eigenvalue weighted by molar-refractivity contribution is 5.96. The molecule has 6 fully saturated rings. The van der Waals surface area contributed by atoms with Crippen LogP contribution >= 0.6 is 0 Å². The van der Waals surface area contributed by atoms with E-state index in [-0.39, 0.29) is 5.41 Å². The van der Waals surface area contributed by atoms with E-state index in [4.69, 9.17) is 0 Å². The average molecular weight is 218 g/mol. The summed E-state index contributed by atoms with van der Waals surface area (Å²) in [6, 6.07) is 0. The van der Waals surface area contributed by atoms with E-state index in [1.807, 2.05) is 0 Å². The fraction of sp³-hybridized carbons (Fsp3) is 0.933. The predicted octanol–water partition coefficient (Wildman–Crippen LogP) is 3.14. The van der Waals surface area contributed by atoms with Crippen molar-refractivity contribution in [2.45, 2.75) is 40.5 Å². The Morgan fingerprint density at radius 3 is 2.56 bits per heavy atom. The molecular formula is C15H22O. The molecule has 0 spiro atoms. The van der Waals surface area contributed by atoms with Crippen LogP contribution in [0.4, 0.5) is 0 Å². The maximum absolute atomic E-state index is 12.4. The van der Waals surface area contributed by atoms with E-state index in [0.717, 1.165) is 29.6 Å². The van der Waals surface area contributed by atoms with Gasteiger partial charge in [-0.1, -0.05) is 27.7 Å². The fourth-order valence-electron chi connectivity index (χ4n) is 6.39. The fourth-order valence-corrected chi connectivity index (χ4v) is 6.39. The Bertz CT molecular complexity index is 398. The minimum absolute atomic E-state index is 0.0875. The molecule has 6 aliphatic rings. The van der Waals surface area contributed by atoms with Crippen LogP contribution in [-0.4, -0.2) is 5.78 Å². The van der Waals surface area contributed by atoms with Crippen LogP contribution in [0, 0.1) is 46.3 Å². The van der Waals surface area contributed by atoms with Crippen molar-refractivity contribution < 1.29 is 4.79 Å². The van der Waals surface area contributed by atoms with Crippen LogP contribution in [0.5, 0.6) is 0 Å². The molecule has 0 radical (unpaired) electrons. The van der Waals surface area contributed by atoms with Crippen LogP contribution in [0.1, 0.15) is 40.5 Å². The Hall–Kier alpha value is -0.330. The van der Waals surface area contributed by atoms with E-state index in [0.29, 0.717) is 17.1 Å². The molecule has 1 heteroatoms. The Morgan fingerprint density at radius 1 is 1.31 bits per heavy atom. The van der Waals surface area contributed by atoms with Crippen molar-refractivity contribution in [3.05, 3.63) is 0 Å². The van der Waals surface area contributed by atoms with Gasteiger partial charge in [0.15, 0.2) is 0 Å². The molecule has 16 heavy (non-hydrogen) atoms. The highest BCUT2D eigenvalue weighted by Crippen LogP contribution is 2.86. The number of fused-ring (bicyclic) bond motifs is 1. The third kappa shape index (κ3) is 0.683. The van der Waals surface area contributed by atoms with Crippen molar-refractivity contribution in [3.63, 3.8) is 0 Å². The monoisotopic (exact) mass is 218 g/mol. The molecule has 6 aliphatic carbocycles. The maximum Gasteiger partial charge on any atom is 0.143 e.